The van der Waals surface area contributed by atoms with Crippen LogP contribution in [0, 0.1) is 11.8 Å². The molecular formula is C14H20N2OS. The molecule has 2 fully saturated rings. The third-order valence-electron chi connectivity index (χ3n) is 4.60. The molecule has 2 saturated heterocycles. The van der Waals surface area contributed by atoms with Gasteiger partial charge in [0, 0.05) is 25.2 Å². The van der Waals surface area contributed by atoms with Gasteiger partial charge in [-0.2, -0.15) is 11.3 Å². The summed E-state index contributed by atoms with van der Waals surface area (Å²) in [5.41, 5.74) is 1.15. The van der Waals surface area contributed by atoms with Crippen LogP contribution in [0.25, 0.3) is 0 Å². The first-order valence-electron chi connectivity index (χ1n) is 6.61. The summed E-state index contributed by atoms with van der Waals surface area (Å²) in [4.78, 5) is 14.6. The number of carbonyl (C=O) groups excluding carboxylic acids is 1. The van der Waals surface area contributed by atoms with Gasteiger partial charge in [0.25, 0.3) is 0 Å². The minimum Gasteiger partial charge on any atom is -0.337 e. The first-order chi connectivity index (χ1) is 8.59. The Hall–Kier alpha value is -0.870. The highest BCUT2D eigenvalue weighted by Gasteiger charge is 2.50. The topological polar surface area (TPSA) is 32.3 Å². The fourth-order valence-corrected chi connectivity index (χ4v) is 4.18. The fraction of sp³-hybridized carbons (Fsp3) is 0.643. The van der Waals surface area contributed by atoms with Crippen molar-refractivity contribution < 1.29 is 4.79 Å². The van der Waals surface area contributed by atoms with E-state index in [2.05, 4.69) is 29.4 Å². The summed E-state index contributed by atoms with van der Waals surface area (Å²) in [7, 11) is 0. The van der Waals surface area contributed by atoms with Gasteiger partial charge in [0.15, 0.2) is 0 Å². The summed E-state index contributed by atoms with van der Waals surface area (Å²) in [5.74, 6) is 1.54. The Kier molecular flexibility index (Phi) is 2.94. The highest BCUT2D eigenvalue weighted by molar-refractivity contribution is 7.07. The van der Waals surface area contributed by atoms with Crippen molar-refractivity contribution in [3.05, 3.63) is 22.4 Å². The average molecular weight is 264 g/mol. The van der Waals surface area contributed by atoms with Crippen molar-refractivity contribution in [1.82, 2.24) is 10.2 Å². The van der Waals surface area contributed by atoms with Crippen LogP contribution in [0.5, 0.6) is 0 Å². The molecule has 18 heavy (non-hydrogen) atoms. The molecule has 1 aromatic heterocycles. The molecule has 0 spiro atoms. The van der Waals surface area contributed by atoms with Crippen molar-refractivity contribution in [2.24, 2.45) is 11.8 Å². The SMILES string of the molecule is CC1(C)C2CNCC2CN1C(=O)Cc1ccsc1. The van der Waals surface area contributed by atoms with Crippen molar-refractivity contribution in [2.75, 3.05) is 19.6 Å². The summed E-state index contributed by atoms with van der Waals surface area (Å²) < 4.78 is 0. The second-order valence-electron chi connectivity index (χ2n) is 5.99. The predicted molar refractivity (Wildman–Crippen MR) is 73.7 cm³/mol. The monoisotopic (exact) mass is 264 g/mol. The molecule has 3 heterocycles. The second-order valence-corrected chi connectivity index (χ2v) is 6.77. The van der Waals surface area contributed by atoms with E-state index in [0.29, 0.717) is 18.3 Å². The molecule has 2 aliphatic heterocycles. The van der Waals surface area contributed by atoms with Gasteiger partial charge in [0.2, 0.25) is 5.91 Å². The summed E-state index contributed by atoms with van der Waals surface area (Å²) in [6, 6.07) is 2.05. The molecular weight excluding hydrogens is 244 g/mol. The van der Waals surface area contributed by atoms with Gasteiger partial charge in [0.05, 0.1) is 6.42 Å². The van der Waals surface area contributed by atoms with Crippen LogP contribution in [0.15, 0.2) is 16.8 Å². The van der Waals surface area contributed by atoms with E-state index in [1.54, 1.807) is 11.3 Å². The van der Waals surface area contributed by atoms with Gasteiger partial charge in [-0.05, 0) is 48.1 Å². The number of hydrogen-bond acceptors (Lipinski definition) is 3. The van der Waals surface area contributed by atoms with Crippen LogP contribution in [0.2, 0.25) is 0 Å². The lowest BCUT2D eigenvalue weighted by Gasteiger charge is -2.35. The van der Waals surface area contributed by atoms with Crippen molar-refractivity contribution in [3.63, 3.8) is 0 Å². The zero-order valence-electron chi connectivity index (χ0n) is 11.0. The Balaban J connectivity index is 1.74. The van der Waals surface area contributed by atoms with E-state index in [4.69, 9.17) is 0 Å². The van der Waals surface area contributed by atoms with Gasteiger partial charge in [-0.1, -0.05) is 0 Å². The molecule has 2 aliphatic rings. The highest BCUT2D eigenvalue weighted by atomic mass is 32.1. The normalized spacial score (nSPS) is 29.6. The standard InChI is InChI=1S/C14H20N2OS/c1-14(2)12-7-15-6-11(12)8-16(14)13(17)5-10-3-4-18-9-10/h3-4,9,11-12,15H,5-8H2,1-2H3. The van der Waals surface area contributed by atoms with Gasteiger partial charge in [-0.3, -0.25) is 4.79 Å². The zero-order chi connectivity index (χ0) is 12.8. The van der Waals surface area contributed by atoms with Gasteiger partial charge >= 0.3 is 0 Å². The molecule has 1 amide bonds. The number of amides is 1. The van der Waals surface area contributed by atoms with Gasteiger partial charge in [-0.15, -0.1) is 0 Å². The van der Waals surface area contributed by atoms with Crippen LogP contribution in [0.3, 0.4) is 0 Å². The molecule has 2 unspecified atom stereocenters. The average Bonchev–Trinajstić information content (AvgIpc) is 2.98. The van der Waals surface area contributed by atoms with E-state index in [1.165, 1.54) is 0 Å². The minimum atomic E-state index is 0.00126. The summed E-state index contributed by atoms with van der Waals surface area (Å²) in [6.45, 7) is 7.48. The predicted octanol–water partition coefficient (Wildman–Crippen LogP) is 1.75. The molecule has 0 aliphatic carbocycles. The molecule has 3 rings (SSSR count). The Labute approximate surface area is 112 Å². The molecule has 0 aromatic carbocycles. The molecule has 0 bridgehead atoms. The zero-order valence-corrected chi connectivity index (χ0v) is 11.8. The largest absolute Gasteiger partial charge is 0.337 e. The van der Waals surface area contributed by atoms with E-state index in [0.717, 1.165) is 25.2 Å². The molecule has 2 atom stereocenters. The number of carbonyl (C=O) groups is 1. The quantitative estimate of drug-likeness (QED) is 0.882. The maximum atomic E-state index is 12.5. The van der Waals surface area contributed by atoms with Crippen molar-refractivity contribution in [3.8, 4) is 0 Å². The third-order valence-corrected chi connectivity index (χ3v) is 5.33. The second kappa shape index (κ2) is 4.35. The van der Waals surface area contributed by atoms with Crippen LogP contribution >= 0.6 is 11.3 Å². The molecule has 1 aromatic rings. The van der Waals surface area contributed by atoms with E-state index in [9.17, 15) is 4.79 Å². The smallest absolute Gasteiger partial charge is 0.227 e. The van der Waals surface area contributed by atoms with Gasteiger partial charge < -0.3 is 10.2 Å². The number of likely N-dealkylation sites (tertiary alicyclic amines) is 1. The summed E-state index contributed by atoms with van der Waals surface area (Å²) >= 11 is 1.66. The molecule has 4 heteroatoms. The van der Waals surface area contributed by atoms with E-state index < -0.39 is 0 Å². The number of hydrogen-bond donors (Lipinski definition) is 1. The van der Waals surface area contributed by atoms with E-state index >= 15 is 0 Å². The number of thiophene rings is 1. The molecule has 3 nitrogen and oxygen atoms in total. The van der Waals surface area contributed by atoms with E-state index in [1.807, 2.05) is 11.4 Å². The fourth-order valence-electron chi connectivity index (χ4n) is 3.51. The van der Waals surface area contributed by atoms with Gasteiger partial charge in [0.1, 0.15) is 0 Å². The Bertz CT molecular complexity index is 441. The van der Waals surface area contributed by atoms with Crippen molar-refractivity contribution in [2.45, 2.75) is 25.8 Å². The van der Waals surface area contributed by atoms with Crippen LogP contribution in [-0.4, -0.2) is 36.0 Å². The maximum Gasteiger partial charge on any atom is 0.227 e. The first kappa shape index (κ1) is 12.2. The van der Waals surface area contributed by atoms with Crippen LogP contribution in [0.1, 0.15) is 19.4 Å². The van der Waals surface area contributed by atoms with Crippen LogP contribution in [-0.2, 0) is 11.2 Å². The molecule has 0 radical (unpaired) electrons. The Morgan fingerprint density at radius 3 is 3.06 bits per heavy atom. The number of nitrogens with one attached hydrogen (secondary N) is 1. The maximum absolute atomic E-state index is 12.5. The van der Waals surface area contributed by atoms with Gasteiger partial charge in [-0.25, -0.2) is 0 Å². The lowest BCUT2D eigenvalue weighted by Crippen LogP contribution is -2.48. The van der Waals surface area contributed by atoms with Crippen molar-refractivity contribution >= 4 is 17.2 Å². The summed E-state index contributed by atoms with van der Waals surface area (Å²) in [5, 5.41) is 7.56. The number of fused-ring (bicyclic) bond motifs is 1. The Morgan fingerprint density at radius 2 is 2.39 bits per heavy atom. The number of nitrogens with zero attached hydrogens (tertiary/aromatic N) is 1. The molecule has 1 N–H and O–H groups in total. The van der Waals surface area contributed by atoms with Crippen molar-refractivity contribution in [1.29, 1.82) is 0 Å². The lowest BCUT2D eigenvalue weighted by molar-refractivity contribution is -0.134. The summed E-state index contributed by atoms with van der Waals surface area (Å²) in [6.07, 6.45) is 0.555. The Morgan fingerprint density at radius 1 is 1.56 bits per heavy atom. The first-order valence-corrected chi connectivity index (χ1v) is 7.55. The highest BCUT2D eigenvalue weighted by Crippen LogP contribution is 2.40. The lowest BCUT2D eigenvalue weighted by atomic mass is 9.85. The van der Waals surface area contributed by atoms with E-state index in [-0.39, 0.29) is 11.4 Å². The van der Waals surface area contributed by atoms with Crippen LogP contribution in [0.4, 0.5) is 0 Å². The molecule has 0 saturated carbocycles. The minimum absolute atomic E-state index is 0.00126. The number of rotatable bonds is 2. The third kappa shape index (κ3) is 1.88. The van der Waals surface area contributed by atoms with Crippen LogP contribution < -0.4 is 5.32 Å². The molecule has 98 valence electrons.